The number of nitrogens with two attached hydrogens (primary N) is 1. The maximum absolute atomic E-state index is 12.4. The third-order valence-corrected chi connectivity index (χ3v) is 4.34. The number of ether oxygens (including phenoxy) is 1. The number of nitrogens with zero attached hydrogens (tertiary/aromatic N) is 1. The number of methoxy groups -OCH3 is 1. The highest BCUT2D eigenvalue weighted by Gasteiger charge is 2.14. The van der Waals surface area contributed by atoms with Crippen LogP contribution in [0, 0.1) is 0 Å². The van der Waals surface area contributed by atoms with Gasteiger partial charge in [0, 0.05) is 24.3 Å². The van der Waals surface area contributed by atoms with Gasteiger partial charge in [0.1, 0.15) is 5.75 Å². The van der Waals surface area contributed by atoms with Gasteiger partial charge in [-0.05, 0) is 42.5 Å². The average Bonchev–Trinajstić information content (AvgIpc) is 2.61. The molecule has 0 saturated heterocycles. The monoisotopic (exact) mass is 395 g/mol. The zero-order chi connectivity index (χ0) is 19.1. The molecule has 2 aromatic carbocycles. The summed E-state index contributed by atoms with van der Waals surface area (Å²) in [4.78, 5) is 25.3. The number of carbonyl (C=O) groups is 2. The predicted molar refractivity (Wildman–Crippen MR) is 104 cm³/mol. The number of halogens is 2. The van der Waals surface area contributed by atoms with Crippen LogP contribution in [0.1, 0.15) is 6.42 Å². The summed E-state index contributed by atoms with van der Waals surface area (Å²) in [5.41, 5.74) is 6.55. The summed E-state index contributed by atoms with van der Waals surface area (Å²) in [6.07, 6.45) is 0.131. The van der Waals surface area contributed by atoms with E-state index in [1.54, 1.807) is 42.3 Å². The lowest BCUT2D eigenvalue weighted by atomic mass is 10.2. The molecule has 0 heterocycles. The van der Waals surface area contributed by atoms with Crippen molar-refractivity contribution >= 4 is 46.4 Å². The van der Waals surface area contributed by atoms with E-state index in [1.807, 2.05) is 12.1 Å². The number of hydrogen-bond donors (Lipinski definition) is 2. The molecule has 3 N–H and O–H groups in total. The highest BCUT2D eigenvalue weighted by molar-refractivity contribution is 6.42. The number of anilines is 2. The molecule has 8 heteroatoms. The minimum Gasteiger partial charge on any atom is -0.497 e. The van der Waals surface area contributed by atoms with Gasteiger partial charge in [0.25, 0.3) is 0 Å². The fourth-order valence-electron chi connectivity index (χ4n) is 2.29. The number of primary amides is 1. The Morgan fingerprint density at radius 2 is 1.81 bits per heavy atom. The standard InChI is InChI=1S/C18H19Cl2N3O3/c1-26-14-5-3-13(4-6-14)23(9-8-17(21)24)11-18(25)22-12-2-7-15(19)16(20)10-12/h2-7,10H,8-9,11H2,1H3,(H2,21,24)(H,22,25). The average molecular weight is 396 g/mol. The first-order chi connectivity index (χ1) is 12.4. The first-order valence-corrected chi connectivity index (χ1v) is 8.57. The lowest BCUT2D eigenvalue weighted by Gasteiger charge is -2.24. The second-order valence-corrected chi connectivity index (χ2v) is 6.33. The lowest BCUT2D eigenvalue weighted by Crippen LogP contribution is -2.35. The zero-order valence-electron chi connectivity index (χ0n) is 14.2. The molecule has 0 saturated carbocycles. The Labute approximate surface area is 161 Å². The van der Waals surface area contributed by atoms with Gasteiger partial charge < -0.3 is 20.7 Å². The van der Waals surface area contributed by atoms with Crippen LogP contribution in [-0.2, 0) is 9.59 Å². The van der Waals surface area contributed by atoms with E-state index in [9.17, 15) is 9.59 Å². The Morgan fingerprint density at radius 3 is 2.38 bits per heavy atom. The van der Waals surface area contributed by atoms with Crippen LogP contribution in [-0.4, -0.2) is 32.0 Å². The maximum Gasteiger partial charge on any atom is 0.243 e. The van der Waals surface area contributed by atoms with Gasteiger partial charge in [-0.15, -0.1) is 0 Å². The van der Waals surface area contributed by atoms with Crippen molar-refractivity contribution in [3.8, 4) is 5.75 Å². The van der Waals surface area contributed by atoms with Gasteiger partial charge >= 0.3 is 0 Å². The Hall–Kier alpha value is -2.44. The summed E-state index contributed by atoms with van der Waals surface area (Å²) in [7, 11) is 1.57. The molecule has 0 aliphatic heterocycles. The van der Waals surface area contributed by atoms with Crippen molar-refractivity contribution in [3.63, 3.8) is 0 Å². The van der Waals surface area contributed by atoms with Crippen molar-refractivity contribution in [2.75, 3.05) is 30.4 Å². The lowest BCUT2D eigenvalue weighted by molar-refractivity contribution is -0.118. The van der Waals surface area contributed by atoms with Gasteiger partial charge in [-0.25, -0.2) is 0 Å². The molecule has 6 nitrogen and oxygen atoms in total. The second-order valence-electron chi connectivity index (χ2n) is 5.51. The molecule has 0 radical (unpaired) electrons. The van der Waals surface area contributed by atoms with Gasteiger partial charge in [-0.3, -0.25) is 9.59 Å². The van der Waals surface area contributed by atoms with E-state index in [0.717, 1.165) is 5.69 Å². The van der Waals surface area contributed by atoms with E-state index in [4.69, 9.17) is 33.7 Å². The predicted octanol–water partition coefficient (Wildman–Crippen LogP) is 3.32. The summed E-state index contributed by atoms with van der Waals surface area (Å²) in [6, 6.07) is 12.0. The quantitative estimate of drug-likeness (QED) is 0.717. The molecular formula is C18H19Cl2N3O3. The molecule has 0 fully saturated rings. The highest BCUT2D eigenvalue weighted by Crippen LogP contribution is 2.25. The molecule has 2 amide bonds. The molecular weight excluding hydrogens is 377 g/mol. The molecule has 0 unspecified atom stereocenters. The molecule has 0 aliphatic rings. The summed E-state index contributed by atoms with van der Waals surface area (Å²) in [5.74, 6) is 0.000870. The van der Waals surface area contributed by atoms with Crippen molar-refractivity contribution in [2.24, 2.45) is 5.73 Å². The second kappa shape index (κ2) is 9.31. The molecule has 2 rings (SSSR count). The number of nitrogens with one attached hydrogen (secondary N) is 1. The zero-order valence-corrected chi connectivity index (χ0v) is 15.7. The van der Waals surface area contributed by atoms with Gasteiger partial charge in [0.05, 0.1) is 23.7 Å². The number of carbonyl (C=O) groups excluding carboxylic acids is 2. The molecule has 2 aromatic rings. The fraction of sp³-hybridized carbons (Fsp3) is 0.222. The SMILES string of the molecule is COc1ccc(N(CCC(N)=O)CC(=O)Nc2ccc(Cl)c(Cl)c2)cc1. The molecule has 26 heavy (non-hydrogen) atoms. The minimum atomic E-state index is -0.437. The first kappa shape index (κ1) is 19.9. The smallest absolute Gasteiger partial charge is 0.243 e. The van der Waals surface area contributed by atoms with E-state index in [0.29, 0.717) is 28.0 Å². The third-order valence-electron chi connectivity index (χ3n) is 3.60. The summed E-state index contributed by atoms with van der Waals surface area (Å²) >= 11 is 11.8. The van der Waals surface area contributed by atoms with Crippen LogP contribution < -0.4 is 20.7 Å². The number of hydrogen-bond acceptors (Lipinski definition) is 4. The molecule has 0 bridgehead atoms. The first-order valence-electron chi connectivity index (χ1n) is 7.81. The van der Waals surface area contributed by atoms with Crippen molar-refractivity contribution in [1.82, 2.24) is 0 Å². The van der Waals surface area contributed by atoms with Crippen molar-refractivity contribution in [3.05, 3.63) is 52.5 Å². The van der Waals surface area contributed by atoms with Gasteiger partial charge in [-0.1, -0.05) is 23.2 Å². The largest absolute Gasteiger partial charge is 0.497 e. The van der Waals surface area contributed by atoms with Crippen LogP contribution >= 0.6 is 23.2 Å². The van der Waals surface area contributed by atoms with Crippen molar-refractivity contribution in [2.45, 2.75) is 6.42 Å². The molecule has 0 atom stereocenters. The van der Waals surface area contributed by atoms with Crippen LogP contribution in [0.15, 0.2) is 42.5 Å². The van der Waals surface area contributed by atoms with Gasteiger partial charge in [-0.2, -0.15) is 0 Å². The Bertz CT molecular complexity index is 782. The number of benzene rings is 2. The van der Waals surface area contributed by atoms with Crippen LogP contribution in [0.2, 0.25) is 10.0 Å². The fourth-order valence-corrected chi connectivity index (χ4v) is 2.58. The Kier molecular flexibility index (Phi) is 7.12. The van der Waals surface area contributed by atoms with E-state index < -0.39 is 5.91 Å². The van der Waals surface area contributed by atoms with Crippen LogP contribution in [0.5, 0.6) is 5.75 Å². The molecule has 0 aliphatic carbocycles. The Morgan fingerprint density at radius 1 is 1.12 bits per heavy atom. The van der Waals surface area contributed by atoms with Gasteiger partial charge in [0.2, 0.25) is 11.8 Å². The van der Waals surface area contributed by atoms with Crippen molar-refractivity contribution in [1.29, 1.82) is 0 Å². The van der Waals surface area contributed by atoms with Crippen LogP contribution in [0.25, 0.3) is 0 Å². The Balaban J connectivity index is 2.09. The van der Waals surface area contributed by atoms with Crippen LogP contribution in [0.3, 0.4) is 0 Å². The van der Waals surface area contributed by atoms with Gasteiger partial charge in [0.15, 0.2) is 0 Å². The van der Waals surface area contributed by atoms with E-state index in [-0.39, 0.29) is 18.9 Å². The summed E-state index contributed by atoms with van der Waals surface area (Å²) in [6.45, 7) is 0.357. The van der Waals surface area contributed by atoms with E-state index >= 15 is 0 Å². The minimum absolute atomic E-state index is 0.0415. The molecule has 138 valence electrons. The van der Waals surface area contributed by atoms with Crippen LogP contribution in [0.4, 0.5) is 11.4 Å². The number of amides is 2. The number of rotatable bonds is 8. The molecule has 0 spiro atoms. The third kappa shape index (κ3) is 5.82. The maximum atomic E-state index is 12.4. The van der Waals surface area contributed by atoms with E-state index in [1.165, 1.54) is 0 Å². The summed E-state index contributed by atoms with van der Waals surface area (Å²) < 4.78 is 5.13. The summed E-state index contributed by atoms with van der Waals surface area (Å²) in [5, 5.41) is 3.52. The molecule has 0 aromatic heterocycles. The van der Waals surface area contributed by atoms with E-state index in [2.05, 4.69) is 5.32 Å². The topological polar surface area (TPSA) is 84.7 Å². The van der Waals surface area contributed by atoms with Crippen molar-refractivity contribution < 1.29 is 14.3 Å². The highest BCUT2D eigenvalue weighted by atomic mass is 35.5. The normalized spacial score (nSPS) is 10.3.